The van der Waals surface area contributed by atoms with Crippen molar-refractivity contribution in [2.75, 3.05) is 0 Å². The zero-order valence-corrected chi connectivity index (χ0v) is 33.6. The number of rotatable bonds is 0. The first-order chi connectivity index (χ1) is 12.1. The molecule has 0 saturated heterocycles. The first-order valence-corrected chi connectivity index (χ1v) is 4.95. The van der Waals surface area contributed by atoms with Gasteiger partial charge in [-0.2, -0.15) is 0 Å². The summed E-state index contributed by atoms with van der Waals surface area (Å²) >= 11 is 0. The standard InChI is InChI=1S/7BO3.21Li/c7*2-1(3)4;;;;;;;;;;;;;;;;;;;;;/q7*-3;21*+1. The van der Waals surface area contributed by atoms with Crippen molar-refractivity contribution in [1.29, 1.82) is 0 Å². The van der Waals surface area contributed by atoms with E-state index in [0.717, 1.165) is 0 Å². The van der Waals surface area contributed by atoms with E-state index in [9.17, 15) is 0 Å². The van der Waals surface area contributed by atoms with E-state index in [1.165, 1.54) is 0 Å². The minimum Gasteiger partial charge on any atom is -0.907 e. The van der Waals surface area contributed by atoms with Crippen molar-refractivity contribution in [2.24, 2.45) is 0 Å². The second kappa shape index (κ2) is 191. The van der Waals surface area contributed by atoms with E-state index >= 15 is 0 Å². The van der Waals surface area contributed by atoms with E-state index < -0.39 is 51.2 Å². The largest absolute Gasteiger partial charge is 1.00 e. The third-order valence-corrected chi connectivity index (χ3v) is 0. The predicted molar refractivity (Wildman–Crippen MR) is 40.3 cm³/mol. The van der Waals surface area contributed by atoms with Crippen LogP contribution in [-0.4, -0.2) is 51.2 Å². The van der Waals surface area contributed by atoms with Gasteiger partial charge in [0.1, 0.15) is 0 Å². The van der Waals surface area contributed by atoms with Crippen molar-refractivity contribution in [3.05, 3.63) is 0 Å². The monoisotopic (exact) mass is 560 g/mol. The second-order valence-electron chi connectivity index (χ2n) is 2.02. The van der Waals surface area contributed by atoms with E-state index in [4.69, 9.17) is 106 Å². The molecule has 168 valence electrons. The summed E-state index contributed by atoms with van der Waals surface area (Å²) in [6.45, 7) is 0. The Bertz CT molecular complexity index is 163. The van der Waals surface area contributed by atoms with Gasteiger partial charge >= 0.3 is 396 Å². The molecule has 0 aromatic heterocycles. The van der Waals surface area contributed by atoms with Gasteiger partial charge < -0.3 is 106 Å². The molecule has 0 aliphatic rings. The Morgan fingerprint density at radius 1 is 0.102 bits per heavy atom. The fraction of sp³-hybridized carbons (Fsp3) is 0. The minimum absolute atomic E-state index is 0. The molecule has 0 aliphatic carbocycles. The molecule has 0 atom stereocenters. The van der Waals surface area contributed by atoms with E-state index in [0.29, 0.717) is 0 Å². The topological polar surface area (TPSA) is 484 Å². The number of hydrogen-bond donors (Lipinski definition) is 0. The maximum Gasteiger partial charge on any atom is 1.00 e. The molecule has 0 N–H and O–H groups in total. The predicted octanol–water partition coefficient (Wildman–Crippen LogP) is -90.6. The fourth-order valence-corrected chi connectivity index (χ4v) is 0. The first-order valence-electron chi connectivity index (χ1n) is 4.95. The van der Waals surface area contributed by atoms with Gasteiger partial charge in [0.2, 0.25) is 0 Å². The van der Waals surface area contributed by atoms with E-state index in [1.807, 2.05) is 0 Å². The third-order valence-electron chi connectivity index (χ3n) is 0. The average molecular weight is 557 g/mol. The van der Waals surface area contributed by atoms with Crippen LogP contribution in [0.25, 0.3) is 0 Å². The Balaban J connectivity index is -0.00000000377. The zero-order chi connectivity index (χ0) is 25.0. The summed E-state index contributed by atoms with van der Waals surface area (Å²) in [5.74, 6) is 0. The molecule has 0 heterocycles. The van der Waals surface area contributed by atoms with Crippen molar-refractivity contribution < 1.29 is 502 Å². The molecule has 0 aromatic rings. The smallest absolute Gasteiger partial charge is 0.907 e. The Morgan fingerprint density at radius 3 is 0.102 bits per heavy atom. The number of hydrogen-bond acceptors (Lipinski definition) is 21. The molecular weight excluding hydrogens is 557 g/mol. The van der Waals surface area contributed by atoms with Crippen LogP contribution in [0.4, 0.5) is 0 Å². The second-order valence-corrected chi connectivity index (χ2v) is 2.02. The van der Waals surface area contributed by atoms with Crippen LogP contribution in [0.2, 0.25) is 0 Å². The van der Waals surface area contributed by atoms with Crippen molar-refractivity contribution in [3.63, 3.8) is 0 Å². The van der Waals surface area contributed by atoms with E-state index in [2.05, 4.69) is 0 Å². The van der Waals surface area contributed by atoms with Gasteiger partial charge in [0.15, 0.2) is 0 Å². The maximum absolute atomic E-state index is 8.42. The summed E-state index contributed by atoms with van der Waals surface area (Å²) in [6, 6.07) is 0. The molecule has 0 fully saturated rings. The van der Waals surface area contributed by atoms with Crippen LogP contribution in [0.5, 0.6) is 0 Å². The zero-order valence-electron chi connectivity index (χ0n) is 33.6. The van der Waals surface area contributed by atoms with Crippen LogP contribution in [0.15, 0.2) is 0 Å². The van der Waals surface area contributed by atoms with Gasteiger partial charge in [-0.1, -0.05) is 0 Å². The molecule has 0 saturated carbocycles. The molecule has 0 rings (SSSR count). The molecule has 49 heteroatoms. The molecule has 49 heavy (non-hydrogen) atoms. The summed E-state index contributed by atoms with van der Waals surface area (Å²) in [6.07, 6.45) is 0. The summed E-state index contributed by atoms with van der Waals surface area (Å²) in [7, 11) is -20.4. The van der Waals surface area contributed by atoms with Gasteiger partial charge in [-0.3, -0.25) is 51.2 Å². The van der Waals surface area contributed by atoms with E-state index in [1.54, 1.807) is 0 Å². The summed E-state index contributed by atoms with van der Waals surface area (Å²) in [4.78, 5) is 0. The van der Waals surface area contributed by atoms with Crippen LogP contribution < -0.4 is 502 Å². The summed E-state index contributed by atoms with van der Waals surface area (Å²) in [5.41, 5.74) is 0. The molecule has 21 nitrogen and oxygen atoms in total. The first kappa shape index (κ1) is 201. The van der Waals surface area contributed by atoms with E-state index in [-0.39, 0.29) is 396 Å². The van der Waals surface area contributed by atoms with Gasteiger partial charge in [0, 0.05) is 0 Å². The third kappa shape index (κ3) is 1380. The fourth-order valence-electron chi connectivity index (χ4n) is 0. The minimum atomic E-state index is -2.92. The Hall–Kier alpha value is 12.2. The Morgan fingerprint density at radius 2 is 0.102 bits per heavy atom. The van der Waals surface area contributed by atoms with Gasteiger partial charge in [-0.05, 0) is 0 Å². The molecule has 0 unspecified atom stereocenters. The molecule has 0 bridgehead atoms. The van der Waals surface area contributed by atoms with Crippen molar-refractivity contribution in [3.8, 4) is 0 Å². The molecule has 0 spiro atoms. The average Bonchev–Trinajstić information content (AvgIpc) is 2.20. The van der Waals surface area contributed by atoms with Gasteiger partial charge in [0.05, 0.1) is 0 Å². The maximum atomic E-state index is 8.42. The summed E-state index contributed by atoms with van der Waals surface area (Å²) in [5, 5.41) is 177. The van der Waals surface area contributed by atoms with Gasteiger partial charge in [-0.15, -0.1) is 0 Å². The SMILES string of the molecule is [Li+].[Li+].[Li+].[Li+].[Li+].[Li+].[Li+].[Li+].[Li+].[Li+].[Li+].[Li+].[Li+].[Li+].[Li+].[Li+].[Li+].[Li+].[Li+].[Li+].[Li+].[O-]B([O-])[O-].[O-]B([O-])[O-].[O-]B([O-])[O-].[O-]B([O-])[O-].[O-]B([O-])[O-].[O-]B([O-])[O-].[O-]B([O-])[O-]. The van der Waals surface area contributed by atoms with Gasteiger partial charge in [0.25, 0.3) is 0 Å². The van der Waals surface area contributed by atoms with Crippen LogP contribution in [-0.2, 0) is 0 Å². The van der Waals surface area contributed by atoms with Crippen LogP contribution in [0.1, 0.15) is 0 Å². The Kier molecular flexibility index (Phi) is 787. The van der Waals surface area contributed by atoms with Crippen LogP contribution in [0, 0.1) is 0 Å². The van der Waals surface area contributed by atoms with Crippen molar-refractivity contribution in [1.82, 2.24) is 0 Å². The molecule has 0 aliphatic heterocycles. The van der Waals surface area contributed by atoms with Gasteiger partial charge in [-0.25, -0.2) is 0 Å². The normalized spacial score (nSPS) is 3.86. The molecule has 0 amide bonds. The summed E-state index contributed by atoms with van der Waals surface area (Å²) < 4.78 is 0. The quantitative estimate of drug-likeness (QED) is 0.249. The van der Waals surface area contributed by atoms with Crippen LogP contribution >= 0.6 is 0 Å². The van der Waals surface area contributed by atoms with Crippen LogP contribution in [0.3, 0.4) is 0 Å². The Labute approximate surface area is 542 Å². The van der Waals surface area contributed by atoms with Crippen molar-refractivity contribution >= 4 is 51.2 Å². The molecule has 0 aromatic carbocycles. The molecular formula is B7Li21O21. The van der Waals surface area contributed by atoms with Crippen molar-refractivity contribution in [2.45, 2.75) is 0 Å². The molecule has 0 radical (unpaired) electrons.